The first-order valence-electron chi connectivity index (χ1n) is 10.7. The molecule has 1 atom stereocenters. The lowest BCUT2D eigenvalue weighted by atomic mass is 9.75. The third kappa shape index (κ3) is 2.68. The quantitative estimate of drug-likeness (QED) is 0.362. The Morgan fingerprint density at radius 2 is 1.97 bits per heavy atom. The summed E-state index contributed by atoms with van der Waals surface area (Å²) >= 11 is 0. The molecular weight excluding hydrogens is 404 g/mol. The smallest absolute Gasteiger partial charge is 0.311 e. The second-order valence-electron chi connectivity index (χ2n) is 8.97. The molecule has 2 heterocycles. The molecule has 5 rings (SSSR count). The average Bonchev–Trinajstić information content (AvgIpc) is 2.96. The van der Waals surface area contributed by atoms with Gasteiger partial charge >= 0.3 is 5.69 Å². The number of carbonyl (C=O) groups excluding carboxylic acids is 1. The number of anilines is 1. The third-order valence-electron chi connectivity index (χ3n) is 6.91. The number of nitrogens with zero attached hydrogens (tertiary/aromatic N) is 2. The van der Waals surface area contributed by atoms with Gasteiger partial charge in [0.15, 0.2) is 5.78 Å². The summed E-state index contributed by atoms with van der Waals surface area (Å²) in [5, 5.41) is 11.6. The van der Waals surface area contributed by atoms with Gasteiger partial charge in [-0.05, 0) is 62.6 Å². The normalized spacial score (nSPS) is 22.2. The van der Waals surface area contributed by atoms with E-state index in [0.29, 0.717) is 16.7 Å². The number of allylic oxidation sites excluding steroid dienone is 4. The molecule has 0 N–H and O–H groups in total. The van der Waals surface area contributed by atoms with Gasteiger partial charge in [0.05, 0.1) is 10.3 Å². The maximum Gasteiger partial charge on any atom is 0.311 e. The van der Waals surface area contributed by atoms with E-state index in [9.17, 15) is 14.9 Å². The Hall–Kier alpha value is -3.67. The van der Waals surface area contributed by atoms with Gasteiger partial charge in [-0.2, -0.15) is 0 Å². The van der Waals surface area contributed by atoms with E-state index in [0.717, 1.165) is 24.1 Å². The number of ketones is 1. The van der Waals surface area contributed by atoms with Crippen molar-refractivity contribution in [2.45, 2.75) is 37.8 Å². The van der Waals surface area contributed by atoms with Crippen LogP contribution in [0.15, 0.2) is 66.3 Å². The molecule has 0 aromatic heterocycles. The second-order valence-corrected chi connectivity index (χ2v) is 8.97. The van der Waals surface area contributed by atoms with Crippen molar-refractivity contribution in [1.82, 2.24) is 0 Å². The molecule has 1 aliphatic carbocycles. The lowest BCUT2D eigenvalue weighted by Crippen LogP contribution is -2.58. The van der Waals surface area contributed by atoms with Crippen LogP contribution >= 0.6 is 0 Å². The number of hydrogen-bond acceptors (Lipinski definition) is 5. The standard InChI is InChI=1S/C26H24N2O4/c1-25(2)20-16-19(23(29)17-8-5-4-6-9-17)12-13-21(20)27(3)26(25)15-14-18-10-7-11-22(28(30)31)24(18)32-26/h5,7-16H,4,6H2,1-3H3. The Morgan fingerprint density at radius 1 is 1.16 bits per heavy atom. The maximum atomic E-state index is 13.1. The van der Waals surface area contributed by atoms with Gasteiger partial charge in [-0.1, -0.05) is 30.4 Å². The molecule has 1 spiro atoms. The fourth-order valence-corrected chi connectivity index (χ4v) is 5.05. The summed E-state index contributed by atoms with van der Waals surface area (Å²) in [5.74, 6) is 0.269. The molecule has 0 saturated heterocycles. The number of rotatable bonds is 3. The van der Waals surface area contributed by atoms with E-state index in [1.54, 1.807) is 6.07 Å². The summed E-state index contributed by atoms with van der Waals surface area (Å²) in [7, 11) is 1.92. The van der Waals surface area contributed by atoms with Crippen LogP contribution in [0.2, 0.25) is 0 Å². The Kier molecular flexibility index (Phi) is 4.38. The van der Waals surface area contributed by atoms with E-state index < -0.39 is 16.1 Å². The number of benzene rings is 2. The van der Waals surface area contributed by atoms with Crippen molar-refractivity contribution in [3.8, 4) is 5.75 Å². The molecule has 2 aliphatic heterocycles. The molecule has 0 amide bonds. The fourth-order valence-electron chi connectivity index (χ4n) is 5.05. The zero-order valence-electron chi connectivity index (χ0n) is 18.3. The Bertz CT molecular complexity index is 1250. The first-order chi connectivity index (χ1) is 15.3. The van der Waals surface area contributed by atoms with E-state index in [-0.39, 0.29) is 17.2 Å². The summed E-state index contributed by atoms with van der Waals surface area (Å²) in [6, 6.07) is 10.7. The minimum absolute atomic E-state index is 0.00393. The molecule has 3 aliphatic rings. The summed E-state index contributed by atoms with van der Waals surface area (Å²) in [6.07, 6.45) is 11.6. The highest BCUT2D eigenvalue weighted by molar-refractivity contribution is 6.11. The van der Waals surface area contributed by atoms with Crippen LogP contribution in [0.5, 0.6) is 5.75 Å². The molecule has 32 heavy (non-hydrogen) atoms. The van der Waals surface area contributed by atoms with Crippen molar-refractivity contribution in [1.29, 1.82) is 0 Å². The molecule has 0 bridgehead atoms. The first kappa shape index (κ1) is 20.2. The molecular formula is C26H24N2O4. The molecule has 0 saturated carbocycles. The van der Waals surface area contributed by atoms with Crippen molar-refractivity contribution < 1.29 is 14.5 Å². The summed E-state index contributed by atoms with van der Waals surface area (Å²) in [6.45, 7) is 4.10. The summed E-state index contributed by atoms with van der Waals surface area (Å²) in [5.41, 5.74) is 2.33. The van der Waals surface area contributed by atoms with Crippen LogP contribution in [0.1, 0.15) is 48.2 Å². The molecule has 162 valence electrons. The Morgan fingerprint density at radius 3 is 2.69 bits per heavy atom. The highest BCUT2D eigenvalue weighted by atomic mass is 16.6. The predicted octanol–water partition coefficient (Wildman–Crippen LogP) is 5.58. The highest BCUT2D eigenvalue weighted by Gasteiger charge is 2.58. The zero-order valence-corrected chi connectivity index (χ0v) is 18.3. The van der Waals surface area contributed by atoms with Gasteiger partial charge in [0.25, 0.3) is 0 Å². The molecule has 2 aromatic rings. The zero-order chi connectivity index (χ0) is 22.7. The molecule has 6 heteroatoms. The number of ether oxygens (including phenoxy) is 1. The fraction of sp³-hybridized carbons (Fsp3) is 0.269. The number of likely N-dealkylation sites (N-methyl/N-ethyl adjacent to an activating group) is 1. The minimum atomic E-state index is -0.958. The van der Waals surface area contributed by atoms with Gasteiger partial charge in [-0.15, -0.1) is 0 Å². The van der Waals surface area contributed by atoms with Gasteiger partial charge in [-0.3, -0.25) is 14.9 Å². The van der Waals surface area contributed by atoms with E-state index in [1.807, 2.05) is 80.4 Å². The molecule has 6 nitrogen and oxygen atoms in total. The first-order valence-corrected chi connectivity index (χ1v) is 10.7. The lowest BCUT2D eigenvalue weighted by Gasteiger charge is -2.45. The van der Waals surface area contributed by atoms with Crippen LogP contribution in [0, 0.1) is 10.1 Å². The van der Waals surface area contributed by atoms with Crippen LogP contribution in [0.3, 0.4) is 0 Å². The van der Waals surface area contributed by atoms with Crippen LogP contribution < -0.4 is 9.64 Å². The van der Waals surface area contributed by atoms with Crippen molar-refractivity contribution in [2.75, 3.05) is 11.9 Å². The number of para-hydroxylation sites is 1. The van der Waals surface area contributed by atoms with Crippen molar-refractivity contribution in [3.05, 3.63) is 93.1 Å². The van der Waals surface area contributed by atoms with Crippen LogP contribution in [-0.2, 0) is 5.41 Å². The summed E-state index contributed by atoms with van der Waals surface area (Å²) in [4.78, 5) is 26.3. The monoisotopic (exact) mass is 428 g/mol. The molecule has 0 fully saturated rings. The number of fused-ring (bicyclic) bond motifs is 2. The highest BCUT2D eigenvalue weighted by Crippen LogP contribution is 2.55. The minimum Gasteiger partial charge on any atom is -0.456 e. The number of nitro benzene ring substituents is 1. The van der Waals surface area contributed by atoms with Crippen LogP contribution in [0.25, 0.3) is 6.08 Å². The SMILES string of the molecule is CN1c2ccc(C(=O)C3=CCCC=C3)cc2C(C)(C)C12C=Cc1cccc([N+](=O)[O-])c1O2. The van der Waals surface area contributed by atoms with Crippen LogP contribution in [0.4, 0.5) is 11.4 Å². The second kappa shape index (κ2) is 6.92. The maximum absolute atomic E-state index is 13.1. The van der Waals surface area contributed by atoms with E-state index in [4.69, 9.17) is 4.74 Å². The number of Topliss-reactive ketones (excluding diaryl/α,β-unsaturated/α-hetero) is 1. The van der Waals surface area contributed by atoms with Gasteiger partial charge in [0, 0.05) is 35.5 Å². The largest absolute Gasteiger partial charge is 0.456 e. The van der Waals surface area contributed by atoms with E-state index in [1.165, 1.54) is 6.07 Å². The Balaban J connectivity index is 1.60. The van der Waals surface area contributed by atoms with Crippen molar-refractivity contribution in [2.24, 2.45) is 0 Å². The van der Waals surface area contributed by atoms with Gasteiger partial charge in [0.1, 0.15) is 0 Å². The van der Waals surface area contributed by atoms with Crippen LogP contribution in [-0.4, -0.2) is 23.5 Å². The number of hydrogen-bond donors (Lipinski definition) is 0. The van der Waals surface area contributed by atoms with Gasteiger partial charge < -0.3 is 9.64 Å². The van der Waals surface area contributed by atoms with E-state index >= 15 is 0 Å². The van der Waals surface area contributed by atoms with Gasteiger partial charge in [0.2, 0.25) is 11.5 Å². The lowest BCUT2D eigenvalue weighted by molar-refractivity contribution is -0.386. The average molecular weight is 428 g/mol. The Labute approximate surface area is 186 Å². The van der Waals surface area contributed by atoms with Crippen molar-refractivity contribution in [3.63, 3.8) is 0 Å². The number of nitro groups is 1. The number of carbonyl (C=O) groups is 1. The molecule has 2 aromatic carbocycles. The molecule has 0 radical (unpaired) electrons. The third-order valence-corrected chi connectivity index (χ3v) is 6.91. The van der Waals surface area contributed by atoms with E-state index in [2.05, 4.69) is 0 Å². The van der Waals surface area contributed by atoms with Gasteiger partial charge in [-0.25, -0.2) is 0 Å². The topological polar surface area (TPSA) is 72.7 Å². The summed E-state index contributed by atoms with van der Waals surface area (Å²) < 4.78 is 6.49. The molecule has 1 unspecified atom stereocenters. The predicted molar refractivity (Wildman–Crippen MR) is 124 cm³/mol. The van der Waals surface area contributed by atoms with Crippen molar-refractivity contribution >= 4 is 23.2 Å².